The van der Waals surface area contributed by atoms with Crippen molar-refractivity contribution in [1.82, 2.24) is 0 Å². The van der Waals surface area contributed by atoms with E-state index < -0.39 is 24.1 Å². The standard InChI is InChI=1S/C24H26BFO6/c1-23(2)24(3,4)32-25(31-23)18-12-16(21(26)17-10-11-29-22(17)18)14-30-19-9-7-6-8-15(19)13-20(27)28-5/h6-12H,13-14H2,1-5H3. The van der Waals surface area contributed by atoms with Crippen LogP contribution in [0.15, 0.2) is 47.1 Å². The van der Waals surface area contributed by atoms with Gasteiger partial charge in [0.05, 0.1) is 36.4 Å². The van der Waals surface area contributed by atoms with Gasteiger partial charge in [0.2, 0.25) is 0 Å². The molecule has 0 N–H and O–H groups in total. The molecule has 1 aliphatic heterocycles. The summed E-state index contributed by atoms with van der Waals surface area (Å²) in [6.45, 7) is 7.78. The molecule has 1 fully saturated rings. The molecule has 0 spiro atoms. The molecule has 0 atom stereocenters. The second-order valence-corrected chi connectivity index (χ2v) is 8.84. The number of benzene rings is 2. The summed E-state index contributed by atoms with van der Waals surface area (Å²) >= 11 is 0. The van der Waals surface area contributed by atoms with Gasteiger partial charge < -0.3 is 23.2 Å². The van der Waals surface area contributed by atoms with Crippen LogP contribution in [0.3, 0.4) is 0 Å². The van der Waals surface area contributed by atoms with Crippen molar-refractivity contribution in [2.75, 3.05) is 7.11 Å². The molecule has 2 aromatic carbocycles. The van der Waals surface area contributed by atoms with Crippen LogP contribution in [0, 0.1) is 5.82 Å². The molecule has 0 saturated carbocycles. The summed E-state index contributed by atoms with van der Waals surface area (Å²) < 4.78 is 43.8. The topological polar surface area (TPSA) is 67.1 Å². The van der Waals surface area contributed by atoms with E-state index in [1.807, 2.05) is 27.7 Å². The Labute approximate surface area is 186 Å². The molecular formula is C24H26BFO6. The van der Waals surface area contributed by atoms with Gasteiger partial charge >= 0.3 is 13.1 Å². The van der Waals surface area contributed by atoms with Crippen LogP contribution in [0.25, 0.3) is 11.0 Å². The van der Waals surface area contributed by atoms with Crippen molar-refractivity contribution in [3.63, 3.8) is 0 Å². The molecule has 32 heavy (non-hydrogen) atoms. The van der Waals surface area contributed by atoms with Crippen LogP contribution in [0.2, 0.25) is 0 Å². The van der Waals surface area contributed by atoms with E-state index in [1.165, 1.54) is 13.4 Å². The third-order valence-electron chi connectivity index (χ3n) is 6.20. The summed E-state index contributed by atoms with van der Waals surface area (Å²) in [5.74, 6) is -0.323. The van der Waals surface area contributed by atoms with Crippen molar-refractivity contribution in [2.45, 2.75) is 51.9 Å². The molecule has 1 aromatic heterocycles. The zero-order valence-electron chi connectivity index (χ0n) is 18.9. The molecular weight excluding hydrogens is 414 g/mol. The number of esters is 1. The van der Waals surface area contributed by atoms with Gasteiger partial charge in [-0.15, -0.1) is 0 Å². The van der Waals surface area contributed by atoms with Crippen LogP contribution in [-0.4, -0.2) is 31.4 Å². The van der Waals surface area contributed by atoms with Gasteiger partial charge in [-0.3, -0.25) is 4.79 Å². The number of carbonyl (C=O) groups excluding carboxylic acids is 1. The van der Waals surface area contributed by atoms with Gasteiger partial charge in [0.1, 0.15) is 23.8 Å². The molecule has 1 saturated heterocycles. The summed E-state index contributed by atoms with van der Waals surface area (Å²) in [6.07, 6.45) is 1.51. The Balaban J connectivity index is 1.66. The number of carbonyl (C=O) groups is 1. The number of methoxy groups -OCH3 is 1. The van der Waals surface area contributed by atoms with E-state index in [0.29, 0.717) is 33.3 Å². The first kappa shape index (κ1) is 22.4. The summed E-state index contributed by atoms with van der Waals surface area (Å²) in [4.78, 5) is 11.7. The molecule has 8 heteroatoms. The Morgan fingerprint density at radius 2 is 1.75 bits per heavy atom. The predicted molar refractivity (Wildman–Crippen MR) is 118 cm³/mol. The molecule has 168 valence electrons. The van der Waals surface area contributed by atoms with Gasteiger partial charge in [0.15, 0.2) is 0 Å². The van der Waals surface area contributed by atoms with E-state index in [0.717, 1.165) is 0 Å². The monoisotopic (exact) mass is 440 g/mol. The van der Waals surface area contributed by atoms with E-state index in [1.54, 1.807) is 36.4 Å². The summed E-state index contributed by atoms with van der Waals surface area (Å²) in [5, 5.41) is 0.332. The number of ether oxygens (including phenoxy) is 2. The first-order valence-corrected chi connectivity index (χ1v) is 10.4. The number of fused-ring (bicyclic) bond motifs is 1. The highest BCUT2D eigenvalue weighted by Crippen LogP contribution is 2.37. The quantitative estimate of drug-likeness (QED) is 0.424. The number of hydrogen-bond acceptors (Lipinski definition) is 6. The second-order valence-electron chi connectivity index (χ2n) is 8.84. The van der Waals surface area contributed by atoms with E-state index in [2.05, 4.69) is 0 Å². The zero-order valence-corrected chi connectivity index (χ0v) is 18.9. The normalized spacial score (nSPS) is 17.0. The molecule has 0 bridgehead atoms. The third kappa shape index (κ3) is 4.00. The average molecular weight is 440 g/mol. The Hall–Kier alpha value is -2.84. The third-order valence-corrected chi connectivity index (χ3v) is 6.20. The van der Waals surface area contributed by atoms with Crippen LogP contribution >= 0.6 is 0 Å². The van der Waals surface area contributed by atoms with Gasteiger partial charge in [-0.2, -0.15) is 0 Å². The summed E-state index contributed by atoms with van der Waals surface area (Å²) in [5.41, 5.74) is 0.886. The van der Waals surface area contributed by atoms with Crippen LogP contribution in [0.1, 0.15) is 38.8 Å². The highest BCUT2D eigenvalue weighted by atomic mass is 19.1. The maximum atomic E-state index is 15.2. The number of para-hydroxylation sites is 1. The SMILES string of the molecule is COC(=O)Cc1ccccc1OCc1cc(B2OC(C)(C)C(C)(C)O2)c2occc2c1F. The van der Waals surface area contributed by atoms with E-state index in [-0.39, 0.29) is 19.0 Å². The maximum Gasteiger partial charge on any atom is 0.498 e. The second kappa shape index (κ2) is 8.26. The fourth-order valence-electron chi connectivity index (χ4n) is 3.62. The summed E-state index contributed by atoms with van der Waals surface area (Å²) in [7, 11) is 0.623. The lowest BCUT2D eigenvalue weighted by molar-refractivity contribution is -0.139. The largest absolute Gasteiger partial charge is 0.498 e. The lowest BCUT2D eigenvalue weighted by Crippen LogP contribution is -2.41. The molecule has 4 rings (SSSR count). The first-order valence-electron chi connectivity index (χ1n) is 10.4. The fourth-order valence-corrected chi connectivity index (χ4v) is 3.62. The van der Waals surface area contributed by atoms with Gasteiger partial charge in [0.25, 0.3) is 0 Å². The number of halogens is 1. The van der Waals surface area contributed by atoms with Gasteiger partial charge in [-0.1, -0.05) is 18.2 Å². The molecule has 3 aromatic rings. The van der Waals surface area contributed by atoms with Gasteiger partial charge in [-0.25, -0.2) is 4.39 Å². The molecule has 6 nitrogen and oxygen atoms in total. The Morgan fingerprint density at radius 1 is 1.06 bits per heavy atom. The Bertz CT molecular complexity index is 1140. The highest BCUT2D eigenvalue weighted by Gasteiger charge is 2.52. The first-order chi connectivity index (χ1) is 15.1. The average Bonchev–Trinajstić information content (AvgIpc) is 3.31. The van der Waals surface area contributed by atoms with E-state index in [9.17, 15) is 4.79 Å². The van der Waals surface area contributed by atoms with Crippen LogP contribution in [0.4, 0.5) is 4.39 Å². The van der Waals surface area contributed by atoms with E-state index in [4.69, 9.17) is 23.2 Å². The predicted octanol–water partition coefficient (Wildman–Crippen LogP) is 4.17. The van der Waals surface area contributed by atoms with Crippen molar-refractivity contribution in [1.29, 1.82) is 0 Å². The van der Waals surface area contributed by atoms with Crippen molar-refractivity contribution in [3.05, 3.63) is 59.6 Å². The van der Waals surface area contributed by atoms with Crippen LogP contribution in [0.5, 0.6) is 5.75 Å². The lowest BCUT2D eigenvalue weighted by Gasteiger charge is -2.32. The fraction of sp³-hybridized carbons (Fsp3) is 0.375. The molecule has 0 aliphatic carbocycles. The van der Waals surface area contributed by atoms with Gasteiger partial charge in [-0.05, 0) is 45.9 Å². The van der Waals surface area contributed by atoms with Crippen molar-refractivity contribution >= 4 is 29.5 Å². The molecule has 1 aliphatic rings. The molecule has 0 unspecified atom stereocenters. The van der Waals surface area contributed by atoms with Crippen molar-refractivity contribution < 1.29 is 32.4 Å². The molecule has 2 heterocycles. The minimum Gasteiger partial charge on any atom is -0.488 e. The molecule has 0 amide bonds. The van der Waals surface area contributed by atoms with Crippen molar-refractivity contribution in [3.8, 4) is 5.75 Å². The van der Waals surface area contributed by atoms with Crippen molar-refractivity contribution in [2.24, 2.45) is 0 Å². The minimum absolute atomic E-state index is 0.0440. The number of furan rings is 1. The summed E-state index contributed by atoms with van der Waals surface area (Å²) in [6, 6.07) is 10.3. The molecule has 0 radical (unpaired) electrons. The van der Waals surface area contributed by atoms with Crippen LogP contribution in [-0.2, 0) is 31.9 Å². The number of hydrogen-bond donors (Lipinski definition) is 0. The zero-order chi connectivity index (χ0) is 23.1. The Morgan fingerprint density at radius 3 is 2.44 bits per heavy atom. The van der Waals surface area contributed by atoms with Crippen LogP contribution < -0.4 is 10.2 Å². The number of rotatable bonds is 6. The minimum atomic E-state index is -0.709. The van der Waals surface area contributed by atoms with E-state index >= 15 is 4.39 Å². The van der Waals surface area contributed by atoms with Gasteiger partial charge in [0, 0.05) is 16.6 Å². The lowest BCUT2D eigenvalue weighted by atomic mass is 9.77. The Kier molecular flexibility index (Phi) is 5.77. The maximum absolute atomic E-state index is 15.2. The highest BCUT2D eigenvalue weighted by molar-refractivity contribution is 6.64. The smallest absolute Gasteiger partial charge is 0.488 e.